The van der Waals surface area contributed by atoms with Crippen molar-refractivity contribution in [1.82, 2.24) is 10.2 Å². The van der Waals surface area contributed by atoms with Crippen LogP contribution in [0.2, 0.25) is 0 Å². The van der Waals surface area contributed by atoms with Crippen molar-refractivity contribution in [1.29, 1.82) is 0 Å². The molecular formula is C25H32N2O4. The summed E-state index contributed by atoms with van der Waals surface area (Å²) in [6.45, 7) is 6.30. The van der Waals surface area contributed by atoms with E-state index >= 15 is 0 Å². The van der Waals surface area contributed by atoms with E-state index in [0.29, 0.717) is 31.9 Å². The van der Waals surface area contributed by atoms with Crippen LogP contribution < -0.4 is 10.1 Å². The minimum absolute atomic E-state index is 0.0371. The molecule has 0 spiro atoms. The lowest BCUT2D eigenvalue weighted by Crippen LogP contribution is -2.43. The number of ketones is 1. The van der Waals surface area contributed by atoms with Crippen LogP contribution in [-0.2, 0) is 9.53 Å². The molecule has 6 nitrogen and oxygen atoms in total. The van der Waals surface area contributed by atoms with Crippen molar-refractivity contribution in [3.8, 4) is 5.75 Å². The summed E-state index contributed by atoms with van der Waals surface area (Å²) >= 11 is 0. The molecule has 1 fully saturated rings. The van der Waals surface area contributed by atoms with E-state index in [-0.39, 0.29) is 30.6 Å². The predicted molar refractivity (Wildman–Crippen MR) is 120 cm³/mol. The summed E-state index contributed by atoms with van der Waals surface area (Å²) < 4.78 is 11.0. The zero-order valence-electron chi connectivity index (χ0n) is 18.2. The molecule has 1 heterocycles. The van der Waals surface area contributed by atoms with Crippen LogP contribution in [0.25, 0.3) is 0 Å². The summed E-state index contributed by atoms with van der Waals surface area (Å²) in [5.74, 6) is 0.613. The highest BCUT2D eigenvalue weighted by Gasteiger charge is 2.23. The Morgan fingerprint density at radius 1 is 1.03 bits per heavy atom. The van der Waals surface area contributed by atoms with Gasteiger partial charge in [0.1, 0.15) is 5.75 Å². The number of Topliss-reactive ketones (excluding diaryl/α,β-unsaturated/α-hetero) is 1. The number of rotatable bonds is 11. The first-order valence-electron chi connectivity index (χ1n) is 11.1. The van der Waals surface area contributed by atoms with Gasteiger partial charge in [0.15, 0.2) is 5.78 Å². The highest BCUT2D eigenvalue weighted by atomic mass is 16.5. The van der Waals surface area contributed by atoms with Gasteiger partial charge in [-0.15, -0.1) is 0 Å². The molecule has 31 heavy (non-hydrogen) atoms. The van der Waals surface area contributed by atoms with E-state index in [9.17, 15) is 9.59 Å². The summed E-state index contributed by atoms with van der Waals surface area (Å²) in [7, 11) is 0. The molecule has 1 atom stereocenters. The Morgan fingerprint density at radius 3 is 2.42 bits per heavy atom. The van der Waals surface area contributed by atoms with E-state index in [4.69, 9.17) is 9.47 Å². The number of nitrogens with zero attached hydrogens (tertiary/aromatic N) is 1. The van der Waals surface area contributed by atoms with Gasteiger partial charge in [0.25, 0.3) is 0 Å². The standard InChI is InChI=1S/C25H32N2O4/c1-2-16-31-22-10-8-21(9-11-22)24(28)12-13-25(29)26-19-23(20-6-4-3-5-7-20)27-14-17-30-18-15-27/h3-11,23H,2,12-19H2,1H3,(H,26,29). The second-order valence-electron chi connectivity index (χ2n) is 7.67. The minimum atomic E-state index is -0.106. The highest BCUT2D eigenvalue weighted by molar-refractivity contribution is 5.98. The van der Waals surface area contributed by atoms with Gasteiger partial charge in [-0.2, -0.15) is 0 Å². The quantitative estimate of drug-likeness (QED) is 0.558. The SMILES string of the molecule is CCCOc1ccc(C(=O)CCC(=O)NCC(c2ccccc2)N2CCOCC2)cc1. The van der Waals surface area contributed by atoms with Crippen molar-refractivity contribution in [2.75, 3.05) is 39.5 Å². The summed E-state index contributed by atoms with van der Waals surface area (Å²) in [6.07, 6.45) is 1.30. The van der Waals surface area contributed by atoms with Crippen molar-refractivity contribution in [2.24, 2.45) is 0 Å². The van der Waals surface area contributed by atoms with Crippen LogP contribution >= 0.6 is 0 Å². The Labute approximate surface area is 184 Å². The van der Waals surface area contributed by atoms with Crippen LogP contribution in [0, 0.1) is 0 Å². The van der Waals surface area contributed by atoms with Crippen LogP contribution in [0.1, 0.15) is 48.1 Å². The van der Waals surface area contributed by atoms with Crippen LogP contribution in [0.5, 0.6) is 5.75 Å². The summed E-state index contributed by atoms with van der Waals surface area (Å²) in [6, 6.07) is 17.4. The largest absolute Gasteiger partial charge is 0.494 e. The topological polar surface area (TPSA) is 67.9 Å². The minimum Gasteiger partial charge on any atom is -0.494 e. The highest BCUT2D eigenvalue weighted by Crippen LogP contribution is 2.21. The van der Waals surface area contributed by atoms with Crippen molar-refractivity contribution < 1.29 is 19.1 Å². The van der Waals surface area contributed by atoms with Crippen LogP contribution in [0.15, 0.2) is 54.6 Å². The number of hydrogen-bond donors (Lipinski definition) is 1. The lowest BCUT2D eigenvalue weighted by molar-refractivity contribution is -0.121. The number of ether oxygens (including phenoxy) is 2. The molecule has 1 aliphatic rings. The third kappa shape index (κ3) is 7.19. The smallest absolute Gasteiger partial charge is 0.220 e. The Kier molecular flexibility index (Phi) is 9.06. The molecule has 0 saturated carbocycles. The van der Waals surface area contributed by atoms with Gasteiger partial charge in [-0.3, -0.25) is 14.5 Å². The van der Waals surface area contributed by atoms with E-state index in [1.807, 2.05) is 25.1 Å². The molecule has 2 aromatic carbocycles. The monoisotopic (exact) mass is 424 g/mol. The third-order valence-electron chi connectivity index (χ3n) is 5.39. The van der Waals surface area contributed by atoms with Gasteiger partial charge >= 0.3 is 0 Å². The fourth-order valence-electron chi connectivity index (χ4n) is 3.65. The van der Waals surface area contributed by atoms with Gasteiger partial charge in [0.2, 0.25) is 5.91 Å². The maximum absolute atomic E-state index is 12.4. The number of morpholine rings is 1. The molecule has 1 amide bonds. The number of carbonyl (C=O) groups excluding carboxylic acids is 2. The van der Waals surface area contributed by atoms with Gasteiger partial charge in [-0.1, -0.05) is 37.3 Å². The summed E-state index contributed by atoms with van der Waals surface area (Å²) in [5.41, 5.74) is 1.78. The molecule has 166 valence electrons. The average Bonchev–Trinajstić information content (AvgIpc) is 2.83. The fraction of sp³-hybridized carbons (Fsp3) is 0.440. The molecule has 1 saturated heterocycles. The number of carbonyl (C=O) groups is 2. The summed E-state index contributed by atoms with van der Waals surface area (Å²) in [4.78, 5) is 27.2. The first-order chi connectivity index (χ1) is 15.2. The summed E-state index contributed by atoms with van der Waals surface area (Å²) in [5, 5.41) is 3.02. The van der Waals surface area contributed by atoms with E-state index < -0.39 is 0 Å². The first kappa shape index (κ1) is 23.0. The first-order valence-corrected chi connectivity index (χ1v) is 11.1. The molecule has 1 unspecified atom stereocenters. The normalized spacial score (nSPS) is 15.3. The number of amides is 1. The molecule has 6 heteroatoms. The molecule has 1 aliphatic heterocycles. The second-order valence-corrected chi connectivity index (χ2v) is 7.67. The van der Waals surface area contributed by atoms with Crippen LogP contribution in [-0.4, -0.2) is 56.0 Å². The molecule has 1 N–H and O–H groups in total. The number of benzene rings is 2. The molecule has 0 aliphatic carbocycles. The van der Waals surface area contributed by atoms with E-state index in [1.54, 1.807) is 24.3 Å². The molecule has 0 bridgehead atoms. The van der Waals surface area contributed by atoms with E-state index in [0.717, 1.165) is 25.3 Å². The predicted octanol–water partition coefficient (Wildman–Crippen LogP) is 3.63. The molecule has 0 aromatic heterocycles. The molecular weight excluding hydrogens is 392 g/mol. The second kappa shape index (κ2) is 12.2. The van der Waals surface area contributed by atoms with Gasteiger partial charge in [0.05, 0.1) is 25.9 Å². The van der Waals surface area contributed by atoms with Crippen molar-refractivity contribution in [3.05, 3.63) is 65.7 Å². The number of nitrogens with one attached hydrogen (secondary N) is 1. The van der Waals surface area contributed by atoms with Crippen molar-refractivity contribution >= 4 is 11.7 Å². The molecule has 0 radical (unpaired) electrons. The van der Waals surface area contributed by atoms with E-state index in [1.165, 1.54) is 5.56 Å². The van der Waals surface area contributed by atoms with Crippen molar-refractivity contribution in [2.45, 2.75) is 32.2 Å². The Bertz CT molecular complexity index is 817. The third-order valence-corrected chi connectivity index (χ3v) is 5.39. The van der Waals surface area contributed by atoms with E-state index in [2.05, 4.69) is 22.3 Å². The average molecular weight is 425 g/mol. The number of hydrogen-bond acceptors (Lipinski definition) is 5. The Hall–Kier alpha value is -2.70. The molecule has 3 rings (SSSR count). The van der Waals surface area contributed by atoms with Crippen molar-refractivity contribution in [3.63, 3.8) is 0 Å². The zero-order valence-corrected chi connectivity index (χ0v) is 18.2. The zero-order chi connectivity index (χ0) is 21.9. The lowest BCUT2D eigenvalue weighted by Gasteiger charge is -2.35. The lowest BCUT2D eigenvalue weighted by atomic mass is 10.0. The Balaban J connectivity index is 1.49. The van der Waals surface area contributed by atoms with Gasteiger partial charge < -0.3 is 14.8 Å². The maximum Gasteiger partial charge on any atom is 0.220 e. The van der Waals surface area contributed by atoms with Gasteiger partial charge in [-0.05, 0) is 36.2 Å². The molecule has 2 aromatic rings. The van der Waals surface area contributed by atoms with Crippen LogP contribution in [0.3, 0.4) is 0 Å². The fourth-order valence-corrected chi connectivity index (χ4v) is 3.65. The van der Waals surface area contributed by atoms with Crippen LogP contribution in [0.4, 0.5) is 0 Å². The maximum atomic E-state index is 12.4. The van der Waals surface area contributed by atoms with Gasteiger partial charge in [-0.25, -0.2) is 0 Å². The Morgan fingerprint density at radius 2 is 1.74 bits per heavy atom. The van der Waals surface area contributed by atoms with Gasteiger partial charge in [0, 0.05) is 38.0 Å².